The molecule has 1 saturated carbocycles. The van der Waals surface area contributed by atoms with E-state index in [9.17, 15) is 0 Å². The van der Waals surface area contributed by atoms with Gasteiger partial charge < -0.3 is 5.73 Å². The van der Waals surface area contributed by atoms with Crippen molar-refractivity contribution in [1.29, 1.82) is 0 Å². The van der Waals surface area contributed by atoms with Crippen LogP contribution in [0.15, 0.2) is 18.2 Å². The number of anilines is 1. The molecule has 0 aliphatic heterocycles. The Hall–Kier alpha value is -1.62. The Morgan fingerprint density at radius 1 is 1.40 bits per heavy atom. The van der Waals surface area contributed by atoms with Crippen LogP contribution in [-0.4, -0.2) is 20.2 Å². The molecule has 20 heavy (non-hydrogen) atoms. The van der Waals surface area contributed by atoms with Gasteiger partial charge >= 0.3 is 0 Å². The van der Waals surface area contributed by atoms with Gasteiger partial charge in [-0.2, -0.15) is 0 Å². The molecule has 1 aromatic carbocycles. The lowest BCUT2D eigenvalue weighted by molar-refractivity contribution is 0.242. The maximum atomic E-state index is 5.97. The van der Waals surface area contributed by atoms with Gasteiger partial charge in [-0.05, 0) is 46.9 Å². The summed E-state index contributed by atoms with van der Waals surface area (Å²) in [6.45, 7) is 4.54. The molecule has 0 spiro atoms. The molecule has 1 heterocycles. The van der Waals surface area contributed by atoms with E-state index in [1.165, 1.54) is 12.8 Å². The molecule has 1 aliphatic rings. The van der Waals surface area contributed by atoms with Gasteiger partial charge in [-0.25, -0.2) is 4.68 Å². The second kappa shape index (κ2) is 4.74. The number of tetrazole rings is 1. The number of aromatic nitrogens is 4. The minimum atomic E-state index is 0.210. The molecule has 0 amide bonds. The first-order valence-corrected chi connectivity index (χ1v) is 7.20. The largest absolute Gasteiger partial charge is 0.398 e. The molecule has 2 N–H and O–H groups in total. The zero-order valence-corrected chi connectivity index (χ0v) is 12.4. The number of halogens is 1. The Balaban J connectivity index is 2.04. The number of benzene rings is 1. The molecule has 0 saturated heterocycles. The lowest BCUT2D eigenvalue weighted by Gasteiger charge is -2.27. The molecule has 1 unspecified atom stereocenters. The lowest BCUT2D eigenvalue weighted by atomic mass is 9.87. The van der Waals surface area contributed by atoms with Crippen molar-refractivity contribution >= 4 is 17.3 Å². The van der Waals surface area contributed by atoms with Crippen LogP contribution in [0.2, 0.25) is 5.02 Å². The summed E-state index contributed by atoms with van der Waals surface area (Å²) in [6, 6.07) is 5.84. The van der Waals surface area contributed by atoms with Crippen LogP contribution >= 0.6 is 11.6 Å². The van der Waals surface area contributed by atoms with Gasteiger partial charge in [-0.15, -0.1) is 5.10 Å². The second-order valence-electron chi connectivity index (χ2n) is 6.08. The van der Waals surface area contributed by atoms with Crippen LogP contribution in [-0.2, 0) is 0 Å². The molecule has 106 valence electrons. The van der Waals surface area contributed by atoms with E-state index >= 15 is 0 Å². The van der Waals surface area contributed by atoms with Crippen LogP contribution in [0.3, 0.4) is 0 Å². The van der Waals surface area contributed by atoms with Gasteiger partial charge in [0.05, 0.1) is 16.8 Å². The molecule has 3 rings (SSSR count). The normalized spacial score (nSPS) is 21.2. The fourth-order valence-electron chi connectivity index (χ4n) is 3.04. The Morgan fingerprint density at radius 3 is 2.85 bits per heavy atom. The second-order valence-corrected chi connectivity index (χ2v) is 6.49. The molecule has 1 fully saturated rings. The fourth-order valence-corrected chi connectivity index (χ4v) is 3.16. The van der Waals surface area contributed by atoms with E-state index < -0.39 is 0 Å². The molecule has 1 atom stereocenters. The molecular weight excluding hydrogens is 274 g/mol. The van der Waals surface area contributed by atoms with Crippen LogP contribution in [0.25, 0.3) is 11.4 Å². The number of hydrogen-bond acceptors (Lipinski definition) is 4. The summed E-state index contributed by atoms with van der Waals surface area (Å²) in [7, 11) is 0. The SMILES string of the molecule is CC1(C)CCCC1n1nnnc1-c1ccc(Cl)c(N)c1. The number of rotatable bonds is 2. The maximum Gasteiger partial charge on any atom is 0.182 e. The first-order chi connectivity index (χ1) is 9.49. The highest BCUT2D eigenvalue weighted by Crippen LogP contribution is 2.46. The summed E-state index contributed by atoms with van der Waals surface area (Å²) in [5, 5.41) is 12.8. The number of nitrogen functional groups attached to an aromatic ring is 1. The first-order valence-electron chi connectivity index (χ1n) is 6.82. The Kier molecular flexibility index (Phi) is 3.17. The van der Waals surface area contributed by atoms with Crippen LogP contribution in [0.1, 0.15) is 39.2 Å². The van der Waals surface area contributed by atoms with E-state index in [0.29, 0.717) is 16.8 Å². The number of nitrogens with zero attached hydrogens (tertiary/aromatic N) is 4. The zero-order valence-electron chi connectivity index (χ0n) is 11.7. The number of nitrogens with two attached hydrogens (primary N) is 1. The molecule has 0 radical (unpaired) electrons. The Labute approximate surface area is 123 Å². The Bertz CT molecular complexity index is 634. The first kappa shape index (κ1) is 13.4. The van der Waals surface area contributed by atoms with Crippen molar-refractivity contribution in [2.45, 2.75) is 39.2 Å². The van der Waals surface area contributed by atoms with Gasteiger partial charge in [0, 0.05) is 5.56 Å². The molecular formula is C14H18ClN5. The van der Waals surface area contributed by atoms with Gasteiger partial charge in [0.15, 0.2) is 5.82 Å². The van der Waals surface area contributed by atoms with E-state index in [1.807, 2.05) is 16.8 Å². The summed E-state index contributed by atoms with van der Waals surface area (Å²) >= 11 is 5.97. The summed E-state index contributed by atoms with van der Waals surface area (Å²) in [5.41, 5.74) is 7.53. The summed E-state index contributed by atoms with van der Waals surface area (Å²) in [6.07, 6.45) is 3.51. The summed E-state index contributed by atoms with van der Waals surface area (Å²) < 4.78 is 1.94. The third-order valence-corrected chi connectivity index (χ3v) is 4.59. The highest BCUT2D eigenvalue weighted by atomic mass is 35.5. The van der Waals surface area contributed by atoms with E-state index in [1.54, 1.807) is 6.07 Å². The predicted molar refractivity (Wildman–Crippen MR) is 79.3 cm³/mol. The van der Waals surface area contributed by atoms with Crippen molar-refractivity contribution in [3.63, 3.8) is 0 Å². The minimum absolute atomic E-state index is 0.210. The predicted octanol–water partition coefficient (Wildman–Crippen LogP) is 3.33. The van der Waals surface area contributed by atoms with Crippen molar-refractivity contribution in [3.8, 4) is 11.4 Å². The van der Waals surface area contributed by atoms with Gasteiger partial charge in [-0.3, -0.25) is 0 Å². The van der Waals surface area contributed by atoms with Crippen LogP contribution in [0.4, 0.5) is 5.69 Å². The average molecular weight is 292 g/mol. The molecule has 1 aromatic heterocycles. The zero-order chi connectivity index (χ0) is 14.3. The van der Waals surface area contributed by atoms with Crippen molar-refractivity contribution in [1.82, 2.24) is 20.2 Å². The van der Waals surface area contributed by atoms with Crippen molar-refractivity contribution in [3.05, 3.63) is 23.2 Å². The Morgan fingerprint density at radius 2 is 2.20 bits per heavy atom. The highest BCUT2D eigenvalue weighted by molar-refractivity contribution is 6.33. The quantitative estimate of drug-likeness (QED) is 0.862. The molecule has 2 aromatic rings. The third kappa shape index (κ3) is 2.16. The minimum Gasteiger partial charge on any atom is -0.398 e. The van der Waals surface area contributed by atoms with Gasteiger partial charge in [0.1, 0.15) is 0 Å². The standard InChI is InChI=1S/C14H18ClN5/c1-14(2)7-3-4-12(14)20-13(17-18-19-20)9-5-6-10(15)11(16)8-9/h5-6,8,12H,3-4,7,16H2,1-2H3. The van der Waals surface area contributed by atoms with E-state index in [4.69, 9.17) is 17.3 Å². The van der Waals surface area contributed by atoms with E-state index in [0.717, 1.165) is 17.8 Å². The van der Waals surface area contributed by atoms with Crippen molar-refractivity contribution in [2.24, 2.45) is 5.41 Å². The van der Waals surface area contributed by atoms with Crippen molar-refractivity contribution < 1.29 is 0 Å². The van der Waals surface area contributed by atoms with Gasteiger partial charge in [0.2, 0.25) is 0 Å². The smallest absolute Gasteiger partial charge is 0.182 e. The summed E-state index contributed by atoms with van der Waals surface area (Å²) in [5.74, 6) is 0.758. The molecule has 1 aliphatic carbocycles. The average Bonchev–Trinajstić information content (AvgIpc) is 2.98. The van der Waals surface area contributed by atoms with E-state index in [2.05, 4.69) is 29.4 Å². The molecule has 0 bridgehead atoms. The molecule has 6 heteroatoms. The lowest BCUT2D eigenvalue weighted by Crippen LogP contribution is -2.23. The van der Waals surface area contributed by atoms with Crippen molar-refractivity contribution in [2.75, 3.05) is 5.73 Å². The van der Waals surface area contributed by atoms with E-state index in [-0.39, 0.29) is 5.41 Å². The molecule has 5 nitrogen and oxygen atoms in total. The van der Waals surface area contributed by atoms with Gasteiger partial charge in [0.25, 0.3) is 0 Å². The third-order valence-electron chi connectivity index (χ3n) is 4.24. The highest BCUT2D eigenvalue weighted by Gasteiger charge is 2.38. The monoisotopic (exact) mass is 291 g/mol. The van der Waals surface area contributed by atoms with Gasteiger partial charge in [-0.1, -0.05) is 31.9 Å². The summed E-state index contributed by atoms with van der Waals surface area (Å²) in [4.78, 5) is 0. The van der Waals surface area contributed by atoms with Crippen LogP contribution < -0.4 is 5.73 Å². The fraction of sp³-hybridized carbons (Fsp3) is 0.500. The van der Waals surface area contributed by atoms with Crippen LogP contribution in [0.5, 0.6) is 0 Å². The maximum absolute atomic E-state index is 5.97. The van der Waals surface area contributed by atoms with Crippen LogP contribution in [0, 0.1) is 5.41 Å². The topological polar surface area (TPSA) is 69.6 Å². The number of hydrogen-bond donors (Lipinski definition) is 1.